The zero-order chi connectivity index (χ0) is 10.4. The van der Waals surface area contributed by atoms with Crippen molar-refractivity contribution in [3.63, 3.8) is 0 Å². The Labute approximate surface area is 84.6 Å². The van der Waals surface area contributed by atoms with Gasteiger partial charge in [-0.1, -0.05) is 37.3 Å². The molecule has 0 aliphatic rings. The molecule has 0 bridgehead atoms. The summed E-state index contributed by atoms with van der Waals surface area (Å²) in [6, 6.07) is 10.2. The van der Waals surface area contributed by atoms with Crippen molar-refractivity contribution in [2.45, 2.75) is 26.2 Å². The van der Waals surface area contributed by atoms with Crippen LogP contribution in [0.2, 0.25) is 0 Å². The van der Waals surface area contributed by atoms with Crippen LogP contribution < -0.4 is 0 Å². The van der Waals surface area contributed by atoms with E-state index in [0.717, 1.165) is 12.8 Å². The Morgan fingerprint density at radius 3 is 2.57 bits per heavy atom. The van der Waals surface area contributed by atoms with Crippen molar-refractivity contribution in [1.29, 1.82) is 0 Å². The molecule has 1 atom stereocenters. The highest BCUT2D eigenvalue weighted by atomic mass is 16.4. The van der Waals surface area contributed by atoms with Crippen LogP contribution in [0, 0.1) is 5.92 Å². The number of carbonyl (C=O) groups is 1. The fourth-order valence-corrected chi connectivity index (χ4v) is 1.49. The minimum absolute atomic E-state index is 0.272. The van der Waals surface area contributed by atoms with Gasteiger partial charge in [0.25, 0.3) is 0 Å². The van der Waals surface area contributed by atoms with Gasteiger partial charge in [0.1, 0.15) is 0 Å². The van der Waals surface area contributed by atoms with Gasteiger partial charge in [-0.3, -0.25) is 4.79 Å². The van der Waals surface area contributed by atoms with E-state index in [-0.39, 0.29) is 6.42 Å². The molecule has 0 saturated heterocycles. The van der Waals surface area contributed by atoms with Crippen LogP contribution >= 0.6 is 0 Å². The summed E-state index contributed by atoms with van der Waals surface area (Å²) in [5, 5.41) is 8.53. The quantitative estimate of drug-likeness (QED) is 0.778. The topological polar surface area (TPSA) is 37.3 Å². The fraction of sp³-hybridized carbons (Fsp3) is 0.417. The number of hydrogen-bond acceptors (Lipinski definition) is 1. The molecule has 2 nitrogen and oxygen atoms in total. The Morgan fingerprint density at radius 1 is 1.36 bits per heavy atom. The van der Waals surface area contributed by atoms with Crippen molar-refractivity contribution in [2.75, 3.05) is 0 Å². The number of benzene rings is 1. The first-order valence-corrected chi connectivity index (χ1v) is 4.94. The molecule has 0 fully saturated rings. The van der Waals surface area contributed by atoms with Gasteiger partial charge in [-0.15, -0.1) is 0 Å². The Hall–Kier alpha value is -1.31. The van der Waals surface area contributed by atoms with Gasteiger partial charge >= 0.3 is 5.97 Å². The summed E-state index contributed by atoms with van der Waals surface area (Å²) in [5.41, 5.74) is 1.28. The number of hydrogen-bond donors (Lipinski definition) is 1. The van der Waals surface area contributed by atoms with Gasteiger partial charge in [0.2, 0.25) is 0 Å². The molecule has 14 heavy (non-hydrogen) atoms. The molecule has 1 unspecified atom stereocenters. The molecule has 0 aromatic heterocycles. The summed E-state index contributed by atoms with van der Waals surface area (Å²) >= 11 is 0. The lowest BCUT2D eigenvalue weighted by atomic mass is 9.97. The van der Waals surface area contributed by atoms with Crippen molar-refractivity contribution < 1.29 is 9.90 Å². The Morgan fingerprint density at radius 2 is 2.00 bits per heavy atom. The third-order valence-corrected chi connectivity index (χ3v) is 2.28. The van der Waals surface area contributed by atoms with Gasteiger partial charge in [0, 0.05) is 6.42 Å². The van der Waals surface area contributed by atoms with E-state index in [1.165, 1.54) is 5.56 Å². The van der Waals surface area contributed by atoms with E-state index in [0.29, 0.717) is 5.92 Å². The van der Waals surface area contributed by atoms with Crippen LogP contribution in [0.25, 0.3) is 0 Å². The molecule has 1 N–H and O–H groups in total. The van der Waals surface area contributed by atoms with Crippen LogP contribution in [0.3, 0.4) is 0 Å². The highest BCUT2D eigenvalue weighted by Gasteiger charge is 2.05. The van der Waals surface area contributed by atoms with Gasteiger partial charge in [0.05, 0.1) is 0 Å². The average molecular weight is 192 g/mol. The molecule has 1 rings (SSSR count). The summed E-state index contributed by atoms with van der Waals surface area (Å²) in [5.74, 6) is -0.265. The largest absolute Gasteiger partial charge is 0.481 e. The maximum Gasteiger partial charge on any atom is 0.303 e. The Kier molecular flexibility index (Phi) is 4.17. The second kappa shape index (κ2) is 5.43. The number of aliphatic carboxylic acids is 1. The lowest BCUT2D eigenvalue weighted by molar-refractivity contribution is -0.137. The van der Waals surface area contributed by atoms with Crippen LogP contribution in [0.1, 0.15) is 25.3 Å². The molecule has 0 radical (unpaired) electrons. The van der Waals surface area contributed by atoms with Crippen molar-refractivity contribution in [3.8, 4) is 0 Å². The molecular weight excluding hydrogens is 176 g/mol. The van der Waals surface area contributed by atoms with Crippen LogP contribution in [-0.4, -0.2) is 11.1 Å². The predicted molar refractivity (Wildman–Crippen MR) is 56.2 cm³/mol. The molecule has 0 spiro atoms. The van der Waals surface area contributed by atoms with E-state index in [2.05, 4.69) is 19.1 Å². The van der Waals surface area contributed by atoms with Gasteiger partial charge in [-0.05, 0) is 24.3 Å². The average Bonchev–Trinajstić information content (AvgIpc) is 2.16. The second-order valence-electron chi connectivity index (χ2n) is 3.73. The molecule has 76 valence electrons. The van der Waals surface area contributed by atoms with Crippen LogP contribution in [0.15, 0.2) is 30.3 Å². The van der Waals surface area contributed by atoms with Crippen LogP contribution in [-0.2, 0) is 11.2 Å². The molecular formula is C12H16O2. The molecule has 1 aromatic carbocycles. The van der Waals surface area contributed by atoms with Crippen LogP contribution in [0.4, 0.5) is 0 Å². The highest BCUT2D eigenvalue weighted by Crippen LogP contribution is 2.13. The van der Waals surface area contributed by atoms with Crippen molar-refractivity contribution >= 4 is 5.97 Å². The first kappa shape index (κ1) is 10.8. The number of carboxylic acids is 1. The van der Waals surface area contributed by atoms with Gasteiger partial charge in [0.15, 0.2) is 0 Å². The normalized spacial score (nSPS) is 12.4. The van der Waals surface area contributed by atoms with Crippen molar-refractivity contribution in [1.82, 2.24) is 0 Å². The van der Waals surface area contributed by atoms with E-state index in [1.807, 2.05) is 18.2 Å². The summed E-state index contributed by atoms with van der Waals surface area (Å²) in [7, 11) is 0. The minimum Gasteiger partial charge on any atom is -0.481 e. The zero-order valence-electron chi connectivity index (χ0n) is 8.44. The summed E-state index contributed by atoms with van der Waals surface area (Å²) in [6.07, 6.45) is 1.99. The molecule has 0 aliphatic carbocycles. The maximum absolute atomic E-state index is 10.4. The second-order valence-corrected chi connectivity index (χ2v) is 3.73. The molecule has 0 heterocycles. The van der Waals surface area contributed by atoms with E-state index in [4.69, 9.17) is 5.11 Å². The number of carboxylic acid groups (broad SMARTS) is 1. The van der Waals surface area contributed by atoms with Gasteiger partial charge in [-0.2, -0.15) is 0 Å². The monoisotopic (exact) mass is 192 g/mol. The maximum atomic E-state index is 10.4. The Bertz CT molecular complexity index is 280. The van der Waals surface area contributed by atoms with E-state index < -0.39 is 5.97 Å². The molecule has 0 saturated carbocycles. The first-order valence-electron chi connectivity index (χ1n) is 4.94. The lowest BCUT2D eigenvalue weighted by Crippen LogP contribution is -2.03. The van der Waals surface area contributed by atoms with Crippen LogP contribution in [0.5, 0.6) is 0 Å². The molecule has 0 amide bonds. The number of rotatable bonds is 5. The van der Waals surface area contributed by atoms with E-state index in [1.54, 1.807) is 0 Å². The molecule has 2 heteroatoms. The summed E-state index contributed by atoms with van der Waals surface area (Å²) in [6.45, 7) is 2.09. The minimum atomic E-state index is -0.704. The predicted octanol–water partition coefficient (Wildman–Crippen LogP) is 2.73. The highest BCUT2D eigenvalue weighted by molar-refractivity contribution is 5.66. The summed E-state index contributed by atoms with van der Waals surface area (Å²) < 4.78 is 0. The van der Waals surface area contributed by atoms with E-state index in [9.17, 15) is 4.79 Å². The zero-order valence-corrected chi connectivity index (χ0v) is 8.44. The smallest absolute Gasteiger partial charge is 0.303 e. The molecule has 0 aliphatic heterocycles. The van der Waals surface area contributed by atoms with Crippen molar-refractivity contribution in [2.24, 2.45) is 5.92 Å². The fourth-order valence-electron chi connectivity index (χ4n) is 1.49. The van der Waals surface area contributed by atoms with Gasteiger partial charge < -0.3 is 5.11 Å². The third kappa shape index (κ3) is 4.08. The first-order chi connectivity index (χ1) is 6.68. The SMILES string of the molecule is CC(CCC(=O)O)Cc1ccccc1. The van der Waals surface area contributed by atoms with E-state index >= 15 is 0 Å². The Balaban J connectivity index is 2.34. The summed E-state index contributed by atoms with van der Waals surface area (Å²) in [4.78, 5) is 10.4. The molecule has 1 aromatic rings. The lowest BCUT2D eigenvalue weighted by Gasteiger charge is -2.09. The van der Waals surface area contributed by atoms with Crippen molar-refractivity contribution in [3.05, 3.63) is 35.9 Å². The standard InChI is InChI=1S/C12H16O2/c1-10(7-8-12(13)14)9-11-5-3-2-4-6-11/h2-6,10H,7-9H2,1H3,(H,13,14). The van der Waals surface area contributed by atoms with Gasteiger partial charge in [-0.25, -0.2) is 0 Å². The third-order valence-electron chi connectivity index (χ3n) is 2.28.